The van der Waals surface area contributed by atoms with Crippen molar-refractivity contribution in [1.82, 2.24) is 0 Å². The van der Waals surface area contributed by atoms with Crippen LogP contribution in [0.15, 0.2) is 30.9 Å². The lowest BCUT2D eigenvalue weighted by molar-refractivity contribution is -0.140. The number of allylic oxidation sites excluding steroid dienone is 1. The highest BCUT2D eigenvalue weighted by Gasteiger charge is 2.33. The van der Waals surface area contributed by atoms with Crippen molar-refractivity contribution in [3.63, 3.8) is 0 Å². The minimum atomic E-state index is -0.419. The molecular weight excluding hydrogens is 467 g/mol. The lowest BCUT2D eigenvalue weighted by Crippen LogP contribution is -2.30. The highest BCUT2D eigenvalue weighted by Crippen LogP contribution is 2.42. The fraction of sp³-hybridized carbons (Fsp3) is 0.688. The maximum Gasteiger partial charge on any atom is 0.314 e. The third-order valence-electron chi connectivity index (χ3n) is 8.23. The van der Waals surface area contributed by atoms with Gasteiger partial charge in [0, 0.05) is 13.7 Å². The number of halogens is 1. The third-order valence-corrected chi connectivity index (χ3v) is 8.23. The quantitative estimate of drug-likeness (QED) is 0.0870. The lowest BCUT2D eigenvalue weighted by atomic mass is 9.69. The van der Waals surface area contributed by atoms with Crippen LogP contribution in [-0.2, 0) is 20.7 Å². The molecule has 3 rings (SSSR count). The molecule has 0 spiro atoms. The molecule has 0 N–H and O–H groups in total. The number of carbonyl (C=O) groups excluding carboxylic acids is 2. The molecule has 4 nitrogen and oxygen atoms in total. The zero-order chi connectivity index (χ0) is 26.9. The van der Waals surface area contributed by atoms with Gasteiger partial charge in [0.1, 0.15) is 6.29 Å². The topological polar surface area (TPSA) is 52.6 Å². The molecule has 2 fully saturated rings. The Bertz CT molecular complexity index is 786. The Balaban J connectivity index is 0.00000112. The number of methoxy groups -OCH3 is 1. The van der Waals surface area contributed by atoms with E-state index in [0.717, 1.165) is 87.7 Å². The molecule has 1 aromatic carbocycles. The number of aldehydes is 1. The molecule has 0 atom stereocenters. The van der Waals surface area contributed by atoms with Gasteiger partial charge >= 0.3 is 5.97 Å². The van der Waals surface area contributed by atoms with Gasteiger partial charge in [-0.2, -0.15) is 0 Å². The highest BCUT2D eigenvalue weighted by molar-refractivity contribution is 5.75. The molecule has 37 heavy (non-hydrogen) atoms. The molecule has 2 aliphatic carbocycles. The van der Waals surface area contributed by atoms with E-state index in [0.29, 0.717) is 6.29 Å². The summed E-state index contributed by atoms with van der Waals surface area (Å²) in [5, 5.41) is 0. The SMILES string of the molecule is C=CC=O.CCCC1CCC(C2CCC(C(=O)Oc3ccc(CCCCCCOC)cc3F)CC2)CC1. The Kier molecular flexibility index (Phi) is 15.4. The normalized spacial score (nSPS) is 23.4. The predicted octanol–water partition coefficient (Wildman–Crippen LogP) is 8.26. The van der Waals surface area contributed by atoms with Crippen LogP contribution in [0.2, 0.25) is 0 Å². The number of aryl methyl sites for hydroxylation is 1. The predicted molar refractivity (Wildman–Crippen MR) is 148 cm³/mol. The minimum absolute atomic E-state index is 0.0798. The van der Waals surface area contributed by atoms with Gasteiger partial charge in [0.05, 0.1) is 5.92 Å². The fourth-order valence-corrected chi connectivity index (χ4v) is 6.09. The van der Waals surface area contributed by atoms with Gasteiger partial charge in [-0.1, -0.05) is 58.1 Å². The van der Waals surface area contributed by atoms with E-state index in [4.69, 9.17) is 14.3 Å². The maximum atomic E-state index is 14.6. The standard InChI is InChI=1S/C29H45FO3.C3H4O/c1-3-8-22-10-13-24(14-11-22)25-15-17-26(18-16-25)29(31)33-28-19-12-23(21-27(28)30)9-6-4-5-7-20-32-2;1-2-3-4/h12,19,21-22,24-26H,3-11,13-18,20H2,1-2H3;2-3H,1H2. The van der Waals surface area contributed by atoms with E-state index >= 15 is 0 Å². The van der Waals surface area contributed by atoms with Gasteiger partial charge in [0.15, 0.2) is 11.6 Å². The summed E-state index contributed by atoms with van der Waals surface area (Å²) >= 11 is 0. The van der Waals surface area contributed by atoms with Crippen LogP contribution in [0, 0.1) is 29.5 Å². The van der Waals surface area contributed by atoms with Crippen molar-refractivity contribution in [2.45, 2.75) is 103 Å². The van der Waals surface area contributed by atoms with E-state index in [1.54, 1.807) is 13.2 Å². The van der Waals surface area contributed by atoms with E-state index in [1.807, 2.05) is 6.07 Å². The molecule has 2 saturated carbocycles. The van der Waals surface area contributed by atoms with Crippen LogP contribution < -0.4 is 4.74 Å². The smallest absolute Gasteiger partial charge is 0.314 e. The van der Waals surface area contributed by atoms with Crippen LogP contribution in [0.1, 0.15) is 102 Å². The average molecular weight is 517 g/mol. The first-order valence-corrected chi connectivity index (χ1v) is 14.6. The van der Waals surface area contributed by atoms with Crippen molar-refractivity contribution in [3.8, 4) is 5.75 Å². The van der Waals surface area contributed by atoms with Gasteiger partial charge in [-0.15, -0.1) is 0 Å². The number of carbonyl (C=O) groups is 2. The molecular formula is C32H49FO4. The van der Waals surface area contributed by atoms with E-state index < -0.39 is 5.82 Å². The molecule has 0 saturated heterocycles. The Morgan fingerprint density at radius 1 is 1.00 bits per heavy atom. The maximum absolute atomic E-state index is 14.6. The molecule has 0 aliphatic heterocycles. The van der Waals surface area contributed by atoms with Gasteiger partial charge in [0.25, 0.3) is 0 Å². The Morgan fingerprint density at radius 3 is 2.19 bits per heavy atom. The number of rotatable bonds is 13. The van der Waals surface area contributed by atoms with E-state index in [2.05, 4.69) is 13.5 Å². The van der Waals surface area contributed by atoms with Gasteiger partial charge in [0.2, 0.25) is 0 Å². The lowest BCUT2D eigenvalue weighted by Gasteiger charge is -2.37. The molecule has 0 amide bonds. The molecule has 2 aliphatic rings. The molecule has 0 radical (unpaired) electrons. The van der Waals surface area contributed by atoms with Crippen molar-refractivity contribution in [2.24, 2.45) is 23.7 Å². The number of benzene rings is 1. The summed E-state index contributed by atoms with van der Waals surface area (Å²) in [6.45, 7) is 6.20. The summed E-state index contributed by atoms with van der Waals surface area (Å²) in [6.07, 6.45) is 19.3. The number of ether oxygens (including phenoxy) is 2. The Morgan fingerprint density at radius 2 is 1.62 bits per heavy atom. The average Bonchev–Trinajstić information content (AvgIpc) is 2.93. The van der Waals surface area contributed by atoms with Crippen LogP contribution in [0.3, 0.4) is 0 Å². The first-order chi connectivity index (χ1) is 18.0. The first-order valence-electron chi connectivity index (χ1n) is 14.6. The number of hydrogen-bond acceptors (Lipinski definition) is 4. The summed E-state index contributed by atoms with van der Waals surface area (Å²) in [7, 11) is 1.72. The summed E-state index contributed by atoms with van der Waals surface area (Å²) in [5.41, 5.74) is 0.966. The van der Waals surface area contributed by atoms with Crippen molar-refractivity contribution in [2.75, 3.05) is 13.7 Å². The molecule has 0 aromatic heterocycles. The number of esters is 1. The summed E-state index contributed by atoms with van der Waals surface area (Å²) < 4.78 is 25.1. The molecule has 0 heterocycles. The molecule has 1 aromatic rings. The minimum Gasteiger partial charge on any atom is -0.423 e. The van der Waals surface area contributed by atoms with Crippen LogP contribution in [0.4, 0.5) is 4.39 Å². The van der Waals surface area contributed by atoms with Crippen molar-refractivity contribution < 1.29 is 23.5 Å². The molecule has 5 heteroatoms. The van der Waals surface area contributed by atoms with Crippen LogP contribution in [0.5, 0.6) is 5.75 Å². The van der Waals surface area contributed by atoms with E-state index in [1.165, 1.54) is 50.7 Å². The van der Waals surface area contributed by atoms with Crippen LogP contribution in [0.25, 0.3) is 0 Å². The largest absolute Gasteiger partial charge is 0.423 e. The van der Waals surface area contributed by atoms with Gasteiger partial charge in [-0.3, -0.25) is 9.59 Å². The van der Waals surface area contributed by atoms with Crippen molar-refractivity contribution in [3.05, 3.63) is 42.2 Å². The summed E-state index contributed by atoms with van der Waals surface area (Å²) in [4.78, 5) is 21.8. The monoisotopic (exact) mass is 516 g/mol. The second-order valence-electron chi connectivity index (χ2n) is 10.9. The second-order valence-corrected chi connectivity index (χ2v) is 10.9. The van der Waals surface area contributed by atoms with Crippen LogP contribution in [-0.4, -0.2) is 26.0 Å². The van der Waals surface area contributed by atoms with Crippen molar-refractivity contribution in [1.29, 1.82) is 0 Å². The molecule has 0 unspecified atom stereocenters. The zero-order valence-corrected chi connectivity index (χ0v) is 23.2. The Labute approximate surface area is 224 Å². The summed E-state index contributed by atoms with van der Waals surface area (Å²) in [5.74, 6) is 1.90. The molecule has 0 bridgehead atoms. The number of hydrogen-bond donors (Lipinski definition) is 0. The second kappa shape index (κ2) is 18.3. The zero-order valence-electron chi connectivity index (χ0n) is 23.2. The Hall–Kier alpha value is -2.01. The van der Waals surface area contributed by atoms with Gasteiger partial charge in [-0.05, 0) is 99.3 Å². The van der Waals surface area contributed by atoms with E-state index in [9.17, 15) is 9.18 Å². The summed E-state index contributed by atoms with van der Waals surface area (Å²) in [6, 6.07) is 5.06. The fourth-order valence-electron chi connectivity index (χ4n) is 6.09. The van der Waals surface area contributed by atoms with Gasteiger partial charge < -0.3 is 9.47 Å². The first kappa shape index (κ1) is 31.2. The van der Waals surface area contributed by atoms with Crippen LogP contribution >= 0.6 is 0 Å². The highest BCUT2D eigenvalue weighted by atomic mass is 19.1. The van der Waals surface area contributed by atoms with Crippen molar-refractivity contribution >= 4 is 12.3 Å². The number of unbranched alkanes of at least 4 members (excludes halogenated alkanes) is 3. The molecule has 208 valence electrons. The van der Waals surface area contributed by atoms with E-state index in [-0.39, 0.29) is 17.6 Å². The third kappa shape index (κ3) is 11.5. The van der Waals surface area contributed by atoms with Gasteiger partial charge in [-0.25, -0.2) is 4.39 Å².